The molecule has 0 fully saturated rings. The molecule has 0 spiro atoms. The van der Waals surface area contributed by atoms with Crippen LogP contribution in [0.25, 0.3) is 55.8 Å². The highest BCUT2D eigenvalue weighted by Gasteiger charge is 2.31. The van der Waals surface area contributed by atoms with Crippen LogP contribution in [0, 0.1) is 0 Å². The summed E-state index contributed by atoms with van der Waals surface area (Å²) in [6.45, 7) is 8.82. The first-order chi connectivity index (χ1) is 20.0. The topological polar surface area (TPSA) is 70.3 Å². The van der Waals surface area contributed by atoms with Gasteiger partial charge in [0.1, 0.15) is 11.2 Å². The number of pyridine rings is 3. The highest BCUT2D eigenvalue weighted by molar-refractivity contribution is 6.65. The predicted molar refractivity (Wildman–Crippen MR) is 166 cm³/mol. The van der Waals surface area contributed by atoms with Crippen LogP contribution in [0.4, 0.5) is 0 Å². The zero-order valence-electron chi connectivity index (χ0n) is 23.8. The molecule has 0 aliphatic rings. The average Bonchev–Trinajstić information content (AvgIpc) is 3.39. The zero-order valence-corrected chi connectivity index (χ0v) is 23.8. The Kier molecular flexibility index (Phi) is 7.39. The fourth-order valence-corrected chi connectivity index (χ4v) is 4.93. The van der Waals surface area contributed by atoms with Crippen LogP contribution < -0.4 is 5.46 Å². The van der Waals surface area contributed by atoms with E-state index in [2.05, 4.69) is 61.1 Å². The predicted octanol–water partition coefficient (Wildman–Crippen LogP) is 7.71. The van der Waals surface area contributed by atoms with Crippen LogP contribution in [0.15, 0.2) is 102 Å². The van der Waals surface area contributed by atoms with Gasteiger partial charge in [-0.05, 0) is 98.4 Å². The van der Waals surface area contributed by atoms with Crippen LogP contribution in [-0.4, -0.2) is 34.3 Å². The minimum atomic E-state index is -0.518. The Balaban J connectivity index is 1.53. The standard InChI is InChI=1S/C34H32BN3O3/c1-5-34(3,4)41-35(39-6-2)26-12-11-15-32-33(26)25-20-23(16-17-31(25)40-32)24-21-29(27-13-7-9-18-36-27)38-30(22-24)28-14-8-10-19-37-28/h7-22H,5-6H2,1-4H3. The molecule has 0 bridgehead atoms. The molecule has 6 nitrogen and oxygen atoms in total. The van der Waals surface area contributed by atoms with Crippen molar-refractivity contribution in [1.29, 1.82) is 0 Å². The first-order valence-corrected chi connectivity index (χ1v) is 14.1. The van der Waals surface area contributed by atoms with Gasteiger partial charge >= 0.3 is 7.12 Å². The van der Waals surface area contributed by atoms with E-state index in [1.54, 1.807) is 12.4 Å². The molecule has 0 radical (unpaired) electrons. The van der Waals surface area contributed by atoms with E-state index < -0.39 is 7.12 Å². The van der Waals surface area contributed by atoms with Crippen molar-refractivity contribution >= 4 is 34.5 Å². The summed E-state index contributed by atoms with van der Waals surface area (Å²) in [5.74, 6) is 0. The Morgan fingerprint density at radius 1 is 0.732 bits per heavy atom. The van der Waals surface area contributed by atoms with E-state index in [1.165, 1.54) is 0 Å². The Morgan fingerprint density at radius 3 is 2.05 bits per heavy atom. The van der Waals surface area contributed by atoms with Gasteiger partial charge in [-0.3, -0.25) is 9.97 Å². The smallest absolute Gasteiger partial charge is 0.456 e. The Labute approximate surface area is 240 Å². The molecule has 2 aromatic carbocycles. The monoisotopic (exact) mass is 541 g/mol. The maximum atomic E-state index is 6.50. The van der Waals surface area contributed by atoms with Gasteiger partial charge < -0.3 is 13.7 Å². The van der Waals surface area contributed by atoms with E-state index in [9.17, 15) is 0 Å². The molecule has 4 aromatic heterocycles. The van der Waals surface area contributed by atoms with Gasteiger partial charge in [0.15, 0.2) is 0 Å². The van der Waals surface area contributed by atoms with Crippen molar-refractivity contribution in [2.24, 2.45) is 0 Å². The number of hydrogen-bond donors (Lipinski definition) is 0. The largest absolute Gasteiger partial charge is 0.495 e. The molecule has 0 atom stereocenters. The molecular formula is C34H32BN3O3. The van der Waals surface area contributed by atoms with Crippen LogP contribution in [0.5, 0.6) is 0 Å². The zero-order chi connectivity index (χ0) is 28.4. The number of fused-ring (bicyclic) bond motifs is 3. The van der Waals surface area contributed by atoms with Gasteiger partial charge in [0.2, 0.25) is 0 Å². The van der Waals surface area contributed by atoms with Crippen LogP contribution in [-0.2, 0) is 9.31 Å². The lowest BCUT2D eigenvalue weighted by atomic mass is 9.75. The molecule has 0 saturated heterocycles. The highest BCUT2D eigenvalue weighted by atomic mass is 16.6. The minimum Gasteiger partial charge on any atom is -0.456 e. The number of furan rings is 1. The van der Waals surface area contributed by atoms with Crippen molar-refractivity contribution in [1.82, 2.24) is 15.0 Å². The number of nitrogens with zero attached hydrogens (tertiary/aromatic N) is 3. The first kappa shape index (κ1) is 26.9. The summed E-state index contributed by atoms with van der Waals surface area (Å²) < 4.78 is 19.0. The molecule has 6 rings (SSSR count). The number of rotatable bonds is 9. The fraction of sp³-hybridized carbons (Fsp3) is 0.206. The average molecular weight is 541 g/mol. The molecule has 0 aliphatic carbocycles. The van der Waals surface area contributed by atoms with E-state index in [0.29, 0.717) is 6.61 Å². The van der Waals surface area contributed by atoms with Gasteiger partial charge in [-0.25, -0.2) is 4.98 Å². The Morgan fingerprint density at radius 2 is 1.44 bits per heavy atom. The lowest BCUT2D eigenvalue weighted by Gasteiger charge is -2.28. The third-order valence-electron chi connectivity index (χ3n) is 7.39. The van der Waals surface area contributed by atoms with Crippen LogP contribution in [0.3, 0.4) is 0 Å². The second-order valence-electron chi connectivity index (χ2n) is 10.6. The van der Waals surface area contributed by atoms with E-state index in [-0.39, 0.29) is 5.60 Å². The SMILES string of the molecule is CCOB(OC(C)(C)CC)c1cccc2oc3ccc(-c4cc(-c5ccccn5)nc(-c5ccccn5)c4)cc3c12. The third kappa shape index (κ3) is 5.51. The summed E-state index contributed by atoms with van der Waals surface area (Å²) in [5, 5.41) is 2.00. The normalized spacial score (nSPS) is 11.8. The third-order valence-corrected chi connectivity index (χ3v) is 7.39. The first-order valence-electron chi connectivity index (χ1n) is 14.1. The Bertz CT molecular complexity index is 1750. The minimum absolute atomic E-state index is 0.340. The lowest BCUT2D eigenvalue weighted by Crippen LogP contribution is -2.44. The molecular weight excluding hydrogens is 509 g/mol. The fourth-order valence-electron chi connectivity index (χ4n) is 4.93. The van der Waals surface area contributed by atoms with Crippen molar-refractivity contribution in [3.05, 3.63) is 97.3 Å². The molecule has 4 heterocycles. The van der Waals surface area contributed by atoms with Crippen molar-refractivity contribution < 1.29 is 13.7 Å². The van der Waals surface area contributed by atoms with Gasteiger partial charge in [-0.15, -0.1) is 0 Å². The molecule has 204 valence electrons. The highest BCUT2D eigenvalue weighted by Crippen LogP contribution is 2.34. The van der Waals surface area contributed by atoms with Gasteiger partial charge in [-0.2, -0.15) is 0 Å². The van der Waals surface area contributed by atoms with Crippen LogP contribution in [0.1, 0.15) is 34.1 Å². The summed E-state index contributed by atoms with van der Waals surface area (Å²) in [7, 11) is -0.518. The van der Waals surface area contributed by atoms with Crippen molar-refractivity contribution in [3.63, 3.8) is 0 Å². The van der Waals surface area contributed by atoms with Crippen molar-refractivity contribution in [3.8, 4) is 33.9 Å². The number of hydrogen-bond acceptors (Lipinski definition) is 6. The quantitative estimate of drug-likeness (QED) is 0.175. The summed E-state index contributed by atoms with van der Waals surface area (Å²) in [6, 6.07) is 28.2. The molecule has 6 aromatic rings. The summed E-state index contributed by atoms with van der Waals surface area (Å²) in [5.41, 5.74) is 7.46. The molecule has 7 heteroatoms. The van der Waals surface area contributed by atoms with Crippen molar-refractivity contribution in [2.75, 3.05) is 6.61 Å². The Hall–Kier alpha value is -4.33. The molecule has 0 aliphatic heterocycles. The lowest BCUT2D eigenvalue weighted by molar-refractivity contribution is 0.0707. The van der Waals surface area contributed by atoms with Gasteiger partial charge in [-0.1, -0.05) is 37.3 Å². The van der Waals surface area contributed by atoms with Crippen LogP contribution in [0.2, 0.25) is 0 Å². The molecule has 41 heavy (non-hydrogen) atoms. The van der Waals surface area contributed by atoms with E-state index in [4.69, 9.17) is 18.7 Å². The number of aromatic nitrogens is 3. The summed E-state index contributed by atoms with van der Waals surface area (Å²) >= 11 is 0. The van der Waals surface area contributed by atoms with E-state index in [1.807, 2.05) is 61.5 Å². The van der Waals surface area contributed by atoms with Gasteiger partial charge in [0.25, 0.3) is 0 Å². The maximum Gasteiger partial charge on any atom is 0.495 e. The summed E-state index contributed by atoms with van der Waals surface area (Å²) in [6.07, 6.45) is 4.43. The second-order valence-corrected chi connectivity index (χ2v) is 10.6. The van der Waals surface area contributed by atoms with Crippen LogP contribution >= 0.6 is 0 Å². The van der Waals surface area contributed by atoms with E-state index >= 15 is 0 Å². The maximum absolute atomic E-state index is 6.50. The molecule has 0 amide bonds. The number of benzene rings is 2. The molecule has 0 saturated carbocycles. The van der Waals surface area contributed by atoms with E-state index in [0.717, 1.165) is 67.7 Å². The van der Waals surface area contributed by atoms with Crippen molar-refractivity contribution in [2.45, 2.75) is 39.7 Å². The molecule has 0 N–H and O–H groups in total. The van der Waals surface area contributed by atoms with Gasteiger partial charge in [0.05, 0.1) is 22.8 Å². The molecule has 0 unspecified atom stereocenters. The summed E-state index contributed by atoms with van der Waals surface area (Å²) in [4.78, 5) is 14.0. The second kappa shape index (κ2) is 11.3. The van der Waals surface area contributed by atoms with Gasteiger partial charge in [0, 0.05) is 35.4 Å².